The molecular weight excluding hydrogens is 455 g/mol. The van der Waals surface area contributed by atoms with E-state index in [0.29, 0.717) is 33.0 Å². The van der Waals surface area contributed by atoms with Gasteiger partial charge in [0.2, 0.25) is 0 Å². The molecule has 0 radical (unpaired) electrons. The zero-order valence-electron chi connectivity index (χ0n) is 16.7. The average Bonchev–Trinajstić information content (AvgIpc) is 2.80. The highest BCUT2D eigenvalue weighted by atomic mass is 35.5. The van der Waals surface area contributed by atoms with Crippen LogP contribution >= 0.6 is 23.2 Å². The molecule has 1 aromatic heterocycles. The van der Waals surface area contributed by atoms with Crippen molar-refractivity contribution in [2.75, 3.05) is 7.11 Å². The fourth-order valence-corrected chi connectivity index (χ4v) is 3.28. The molecule has 0 spiro atoms. The Bertz CT molecular complexity index is 1330. The summed E-state index contributed by atoms with van der Waals surface area (Å²) < 4.78 is 21.4. The Labute approximate surface area is 192 Å². The van der Waals surface area contributed by atoms with Gasteiger partial charge in [-0.3, -0.25) is 4.79 Å². The van der Waals surface area contributed by atoms with Crippen molar-refractivity contribution in [1.29, 1.82) is 0 Å². The summed E-state index contributed by atoms with van der Waals surface area (Å²) in [5.74, 6) is 0.322. The normalized spacial score (nSPS) is 11.7. The molecule has 0 saturated carbocycles. The van der Waals surface area contributed by atoms with Crippen LogP contribution in [0.4, 0.5) is 0 Å². The van der Waals surface area contributed by atoms with E-state index in [2.05, 4.69) is 0 Å². The molecule has 1 heterocycles. The average molecular weight is 471 g/mol. The van der Waals surface area contributed by atoms with E-state index in [-0.39, 0.29) is 16.8 Å². The number of hydrogen-bond acceptors (Lipinski definition) is 6. The van der Waals surface area contributed by atoms with Crippen LogP contribution in [0, 0.1) is 0 Å². The van der Waals surface area contributed by atoms with Crippen molar-refractivity contribution in [2.24, 2.45) is 0 Å². The van der Waals surface area contributed by atoms with Crippen molar-refractivity contribution in [1.82, 2.24) is 0 Å². The second kappa shape index (κ2) is 9.34. The number of esters is 1. The third kappa shape index (κ3) is 4.72. The van der Waals surface area contributed by atoms with Crippen LogP contribution in [0.2, 0.25) is 5.02 Å². The molecule has 6 nitrogen and oxygen atoms in total. The Hall–Kier alpha value is -3.48. The maximum absolute atomic E-state index is 12.9. The maximum atomic E-state index is 12.9. The lowest BCUT2D eigenvalue weighted by molar-refractivity contribution is -0.138. The highest BCUT2D eigenvalue weighted by Crippen LogP contribution is 2.26. The number of fused-ring (bicyclic) bond motifs is 1. The van der Waals surface area contributed by atoms with Crippen molar-refractivity contribution in [2.45, 2.75) is 5.56 Å². The standard InChI is InChI=1S/C24H16Cl2O6/c1-29-17-4-2-3-14(11-17)20-13-30-21-12-18(9-10-19(21)22(20)27)32-24(28)23(26)31-16-7-5-15(25)6-8-16/h2-13,23H,1H3. The predicted octanol–water partition coefficient (Wildman–Crippen LogP) is 5.67. The van der Waals surface area contributed by atoms with Crippen LogP contribution in [0.3, 0.4) is 0 Å². The second-order valence-corrected chi connectivity index (χ2v) is 7.51. The first-order chi connectivity index (χ1) is 15.4. The van der Waals surface area contributed by atoms with Crippen molar-refractivity contribution in [3.05, 3.63) is 88.2 Å². The van der Waals surface area contributed by atoms with Crippen molar-refractivity contribution in [3.63, 3.8) is 0 Å². The monoisotopic (exact) mass is 470 g/mol. The van der Waals surface area contributed by atoms with E-state index in [4.69, 9.17) is 41.8 Å². The van der Waals surface area contributed by atoms with Crippen molar-refractivity contribution in [3.8, 4) is 28.4 Å². The third-order valence-corrected chi connectivity index (χ3v) is 5.10. The lowest BCUT2D eigenvalue weighted by Crippen LogP contribution is -2.26. The summed E-state index contributed by atoms with van der Waals surface area (Å²) in [6.07, 6.45) is 1.36. The van der Waals surface area contributed by atoms with E-state index in [1.165, 1.54) is 24.5 Å². The van der Waals surface area contributed by atoms with Crippen molar-refractivity contribution < 1.29 is 23.4 Å². The molecule has 162 valence electrons. The van der Waals surface area contributed by atoms with E-state index < -0.39 is 11.5 Å². The molecule has 0 aliphatic heterocycles. The SMILES string of the molecule is COc1cccc(-c2coc3cc(OC(=O)C(Cl)Oc4ccc(Cl)cc4)ccc3c2=O)c1. The summed E-state index contributed by atoms with van der Waals surface area (Å²) in [5, 5.41) is 0.864. The van der Waals surface area contributed by atoms with E-state index in [1.54, 1.807) is 55.6 Å². The number of hydrogen-bond donors (Lipinski definition) is 0. The number of alkyl halides is 1. The molecule has 4 aromatic rings. The highest BCUT2D eigenvalue weighted by molar-refractivity contribution is 6.30. The van der Waals surface area contributed by atoms with Gasteiger partial charge in [-0.2, -0.15) is 0 Å². The van der Waals surface area contributed by atoms with Gasteiger partial charge in [0.25, 0.3) is 5.56 Å². The van der Waals surface area contributed by atoms with Gasteiger partial charge in [-0.1, -0.05) is 35.3 Å². The first kappa shape index (κ1) is 21.7. The van der Waals surface area contributed by atoms with E-state index in [0.717, 1.165) is 0 Å². The van der Waals surface area contributed by atoms with Gasteiger partial charge in [-0.15, -0.1) is 0 Å². The van der Waals surface area contributed by atoms with Gasteiger partial charge in [0.15, 0.2) is 5.43 Å². The lowest BCUT2D eigenvalue weighted by Gasteiger charge is -2.12. The minimum absolute atomic E-state index is 0.158. The zero-order valence-corrected chi connectivity index (χ0v) is 18.2. The van der Waals surface area contributed by atoms with Gasteiger partial charge < -0.3 is 18.6 Å². The van der Waals surface area contributed by atoms with Crippen LogP contribution < -0.4 is 19.6 Å². The Morgan fingerprint density at radius 2 is 1.72 bits per heavy atom. The number of ether oxygens (including phenoxy) is 3. The third-order valence-electron chi connectivity index (χ3n) is 4.58. The Morgan fingerprint density at radius 3 is 2.47 bits per heavy atom. The quantitative estimate of drug-likeness (QED) is 0.205. The van der Waals surface area contributed by atoms with Gasteiger partial charge >= 0.3 is 5.97 Å². The molecule has 0 saturated heterocycles. The van der Waals surface area contributed by atoms with Gasteiger partial charge in [0, 0.05) is 11.1 Å². The molecule has 0 amide bonds. The molecule has 32 heavy (non-hydrogen) atoms. The number of carbonyl (C=O) groups excluding carboxylic acids is 1. The molecule has 1 atom stereocenters. The molecule has 0 bridgehead atoms. The molecular formula is C24H16Cl2O6. The van der Waals surface area contributed by atoms with Gasteiger partial charge in [0.05, 0.1) is 18.1 Å². The highest BCUT2D eigenvalue weighted by Gasteiger charge is 2.20. The topological polar surface area (TPSA) is 75.0 Å². The lowest BCUT2D eigenvalue weighted by atomic mass is 10.1. The molecule has 8 heteroatoms. The first-order valence-electron chi connectivity index (χ1n) is 9.42. The molecule has 0 aliphatic carbocycles. The van der Waals surface area contributed by atoms with Gasteiger partial charge in [-0.25, -0.2) is 4.79 Å². The summed E-state index contributed by atoms with van der Waals surface area (Å²) >= 11 is 11.8. The summed E-state index contributed by atoms with van der Waals surface area (Å²) in [7, 11) is 1.55. The number of methoxy groups -OCH3 is 1. The Kier molecular flexibility index (Phi) is 6.35. The Balaban J connectivity index is 1.54. The fourth-order valence-electron chi connectivity index (χ4n) is 3.01. The fraction of sp³-hybridized carbons (Fsp3) is 0.0833. The summed E-state index contributed by atoms with van der Waals surface area (Å²) in [4.78, 5) is 25.2. The molecule has 0 N–H and O–H groups in total. The summed E-state index contributed by atoms with van der Waals surface area (Å²) in [5.41, 5.74) is -0.289. The van der Waals surface area contributed by atoms with E-state index in [1.807, 2.05) is 0 Å². The van der Waals surface area contributed by atoms with E-state index >= 15 is 0 Å². The van der Waals surface area contributed by atoms with E-state index in [9.17, 15) is 9.59 Å². The minimum atomic E-state index is -1.38. The molecule has 1 unspecified atom stereocenters. The van der Waals surface area contributed by atoms with Crippen LogP contribution in [0.1, 0.15) is 0 Å². The second-order valence-electron chi connectivity index (χ2n) is 6.68. The maximum Gasteiger partial charge on any atom is 0.368 e. The number of benzene rings is 3. The largest absolute Gasteiger partial charge is 0.497 e. The van der Waals surface area contributed by atoms with Crippen LogP contribution in [0.5, 0.6) is 17.2 Å². The van der Waals surface area contributed by atoms with Crippen LogP contribution in [0.25, 0.3) is 22.1 Å². The number of carbonyl (C=O) groups is 1. The van der Waals surface area contributed by atoms with Crippen LogP contribution in [-0.4, -0.2) is 18.6 Å². The Morgan fingerprint density at radius 1 is 0.969 bits per heavy atom. The van der Waals surface area contributed by atoms with Crippen LogP contribution in [0.15, 0.2) is 82.2 Å². The van der Waals surface area contributed by atoms with Crippen LogP contribution in [-0.2, 0) is 4.79 Å². The molecule has 3 aromatic carbocycles. The van der Waals surface area contributed by atoms with Gasteiger partial charge in [-0.05, 0) is 54.1 Å². The number of rotatable bonds is 6. The first-order valence-corrected chi connectivity index (χ1v) is 10.2. The zero-order chi connectivity index (χ0) is 22.7. The minimum Gasteiger partial charge on any atom is -0.497 e. The molecule has 4 rings (SSSR count). The smallest absolute Gasteiger partial charge is 0.368 e. The van der Waals surface area contributed by atoms with Gasteiger partial charge in [0.1, 0.15) is 29.1 Å². The molecule has 0 aliphatic rings. The predicted molar refractivity (Wildman–Crippen MR) is 122 cm³/mol. The summed E-state index contributed by atoms with van der Waals surface area (Å²) in [6.45, 7) is 0. The molecule has 0 fully saturated rings. The summed E-state index contributed by atoms with van der Waals surface area (Å²) in [6, 6.07) is 17.9. The number of halogens is 2. The van der Waals surface area contributed by atoms with Crippen molar-refractivity contribution >= 4 is 40.1 Å².